The van der Waals surface area contributed by atoms with Gasteiger partial charge >= 0.3 is 5.97 Å². The van der Waals surface area contributed by atoms with E-state index >= 15 is 0 Å². The number of fused-ring (bicyclic) bond motifs is 1. The van der Waals surface area contributed by atoms with E-state index < -0.39 is 16.0 Å². The lowest BCUT2D eigenvalue weighted by Gasteiger charge is -2.27. The number of rotatable bonds is 5. The molecule has 0 saturated carbocycles. The molecule has 2 aromatic heterocycles. The van der Waals surface area contributed by atoms with Crippen molar-refractivity contribution < 1.29 is 18.3 Å². The lowest BCUT2D eigenvalue weighted by molar-refractivity contribution is -0.136. The van der Waals surface area contributed by atoms with Gasteiger partial charge in [-0.3, -0.25) is 4.79 Å². The highest BCUT2D eigenvalue weighted by Crippen LogP contribution is 2.37. The van der Waals surface area contributed by atoms with Crippen LogP contribution >= 0.6 is 11.6 Å². The van der Waals surface area contributed by atoms with Gasteiger partial charge in [0.2, 0.25) is 10.0 Å². The van der Waals surface area contributed by atoms with Gasteiger partial charge < -0.3 is 5.11 Å². The molecular formula is C20H20ClN3O4S. The SMILES string of the molecule is O=C(O)Cc1cnn2ccc(-c3c(Cl)cccc3S(=O)(=O)N3CCCCC3)cc12. The molecule has 0 bridgehead atoms. The van der Waals surface area contributed by atoms with Crippen molar-refractivity contribution in [2.24, 2.45) is 0 Å². The van der Waals surface area contributed by atoms with Crippen LogP contribution in [-0.4, -0.2) is 46.5 Å². The summed E-state index contributed by atoms with van der Waals surface area (Å²) in [6.45, 7) is 0.997. The van der Waals surface area contributed by atoms with Crippen molar-refractivity contribution in [2.45, 2.75) is 30.6 Å². The number of pyridine rings is 1. The van der Waals surface area contributed by atoms with Crippen LogP contribution in [0.4, 0.5) is 0 Å². The molecule has 152 valence electrons. The number of benzene rings is 1. The topological polar surface area (TPSA) is 92.0 Å². The van der Waals surface area contributed by atoms with E-state index in [4.69, 9.17) is 16.7 Å². The van der Waals surface area contributed by atoms with E-state index in [0.717, 1.165) is 19.3 Å². The fraction of sp³-hybridized carbons (Fsp3) is 0.300. The molecule has 1 aromatic carbocycles. The van der Waals surface area contributed by atoms with Gasteiger partial charge in [-0.25, -0.2) is 12.9 Å². The average molecular weight is 434 g/mol. The largest absolute Gasteiger partial charge is 0.481 e. The number of sulfonamides is 1. The first-order valence-electron chi connectivity index (χ1n) is 9.35. The van der Waals surface area contributed by atoms with Gasteiger partial charge in [-0.2, -0.15) is 9.40 Å². The number of piperidine rings is 1. The number of carboxylic acids is 1. The van der Waals surface area contributed by atoms with E-state index in [1.165, 1.54) is 10.5 Å². The highest BCUT2D eigenvalue weighted by atomic mass is 35.5. The Morgan fingerprint density at radius 2 is 1.93 bits per heavy atom. The van der Waals surface area contributed by atoms with Crippen LogP contribution in [0.3, 0.4) is 0 Å². The van der Waals surface area contributed by atoms with Crippen molar-refractivity contribution in [3.8, 4) is 11.1 Å². The molecule has 3 aromatic rings. The van der Waals surface area contributed by atoms with Gasteiger partial charge in [0.1, 0.15) is 0 Å². The molecule has 4 rings (SSSR count). The number of nitrogens with zero attached hydrogens (tertiary/aromatic N) is 3. The molecule has 0 atom stereocenters. The van der Waals surface area contributed by atoms with Gasteiger partial charge in [0.15, 0.2) is 0 Å². The monoisotopic (exact) mass is 433 g/mol. The Balaban J connectivity index is 1.86. The minimum absolute atomic E-state index is 0.163. The minimum atomic E-state index is -3.70. The van der Waals surface area contributed by atoms with Crippen LogP contribution in [0.15, 0.2) is 47.6 Å². The molecule has 0 unspecified atom stereocenters. The predicted octanol–water partition coefficient (Wildman–Crippen LogP) is 3.46. The van der Waals surface area contributed by atoms with Gasteiger partial charge in [0.05, 0.1) is 23.0 Å². The molecule has 1 N–H and O–H groups in total. The van der Waals surface area contributed by atoms with Gasteiger partial charge in [-0.15, -0.1) is 0 Å². The summed E-state index contributed by atoms with van der Waals surface area (Å²) in [5.41, 5.74) is 2.17. The molecule has 1 saturated heterocycles. The lowest BCUT2D eigenvalue weighted by atomic mass is 10.1. The molecule has 0 amide bonds. The molecular weight excluding hydrogens is 414 g/mol. The molecule has 9 heteroatoms. The van der Waals surface area contributed by atoms with Crippen LogP contribution in [0, 0.1) is 0 Å². The molecule has 3 heterocycles. The predicted molar refractivity (Wildman–Crippen MR) is 110 cm³/mol. The van der Waals surface area contributed by atoms with Crippen molar-refractivity contribution >= 4 is 33.1 Å². The zero-order chi connectivity index (χ0) is 20.6. The lowest BCUT2D eigenvalue weighted by Crippen LogP contribution is -2.35. The summed E-state index contributed by atoms with van der Waals surface area (Å²) in [5, 5.41) is 13.6. The first-order valence-corrected chi connectivity index (χ1v) is 11.2. The molecule has 7 nitrogen and oxygen atoms in total. The van der Waals surface area contributed by atoms with E-state index in [2.05, 4.69) is 5.10 Å². The summed E-state index contributed by atoms with van der Waals surface area (Å²) < 4.78 is 29.7. The molecule has 0 spiro atoms. The van der Waals surface area contributed by atoms with Crippen molar-refractivity contribution in [1.29, 1.82) is 0 Å². The Hall–Kier alpha value is -2.42. The third kappa shape index (κ3) is 3.75. The number of aliphatic carboxylic acids is 1. The summed E-state index contributed by atoms with van der Waals surface area (Å²) in [6.07, 6.45) is 5.72. The summed E-state index contributed by atoms with van der Waals surface area (Å²) in [5.74, 6) is -0.962. The number of aromatic nitrogens is 2. The first kappa shape index (κ1) is 19.9. The van der Waals surface area contributed by atoms with Gasteiger partial charge in [0.25, 0.3) is 0 Å². The summed E-state index contributed by atoms with van der Waals surface area (Å²) >= 11 is 6.46. The van der Waals surface area contributed by atoms with Crippen LogP contribution in [0.1, 0.15) is 24.8 Å². The van der Waals surface area contributed by atoms with Crippen molar-refractivity contribution in [1.82, 2.24) is 13.9 Å². The minimum Gasteiger partial charge on any atom is -0.481 e. The highest BCUT2D eigenvalue weighted by molar-refractivity contribution is 7.89. The zero-order valence-electron chi connectivity index (χ0n) is 15.6. The van der Waals surface area contributed by atoms with E-state index in [9.17, 15) is 13.2 Å². The number of hydrogen-bond acceptors (Lipinski definition) is 4. The Labute approximate surface area is 173 Å². The van der Waals surface area contributed by atoms with Crippen molar-refractivity contribution in [3.05, 3.63) is 53.3 Å². The fourth-order valence-electron chi connectivity index (χ4n) is 3.73. The Kier molecular flexibility index (Phi) is 5.33. The van der Waals surface area contributed by atoms with Crippen molar-refractivity contribution in [2.75, 3.05) is 13.1 Å². The standard InChI is InChI=1S/C20H20ClN3O4S/c21-16-5-4-6-18(29(27,28)23-8-2-1-3-9-23)20(16)14-7-10-24-17(11-14)15(13-22-24)12-19(25)26/h4-7,10-11,13H,1-3,8-9,12H2,(H,25,26). The molecule has 1 aliphatic heterocycles. The Morgan fingerprint density at radius 1 is 1.17 bits per heavy atom. The maximum atomic E-state index is 13.3. The smallest absolute Gasteiger partial charge is 0.307 e. The summed E-state index contributed by atoms with van der Waals surface area (Å²) in [7, 11) is -3.70. The number of carboxylic acid groups (broad SMARTS) is 1. The molecule has 0 aliphatic carbocycles. The van der Waals surface area contributed by atoms with Gasteiger partial charge in [-0.05, 0) is 42.7 Å². The number of carbonyl (C=O) groups is 1. The molecule has 29 heavy (non-hydrogen) atoms. The van der Waals surface area contributed by atoms with Crippen molar-refractivity contribution in [3.63, 3.8) is 0 Å². The maximum Gasteiger partial charge on any atom is 0.307 e. The van der Waals surface area contributed by atoms with E-state index in [0.29, 0.717) is 40.3 Å². The van der Waals surface area contributed by atoms with E-state index in [-0.39, 0.29) is 11.3 Å². The average Bonchev–Trinajstić information content (AvgIpc) is 3.10. The molecule has 0 radical (unpaired) electrons. The summed E-state index contributed by atoms with van der Waals surface area (Å²) in [4.78, 5) is 11.3. The second kappa shape index (κ2) is 7.78. The van der Waals surface area contributed by atoms with Gasteiger partial charge in [-0.1, -0.05) is 24.1 Å². The van der Waals surface area contributed by atoms with Gasteiger partial charge in [0, 0.05) is 35.4 Å². The fourth-order valence-corrected chi connectivity index (χ4v) is 5.82. The third-order valence-electron chi connectivity index (χ3n) is 5.14. The van der Waals surface area contributed by atoms with Crippen LogP contribution in [0.2, 0.25) is 5.02 Å². The second-order valence-corrected chi connectivity index (χ2v) is 9.38. The Bertz CT molecular complexity index is 1180. The van der Waals surface area contributed by atoms with Crippen LogP contribution in [0.5, 0.6) is 0 Å². The maximum absolute atomic E-state index is 13.3. The Morgan fingerprint density at radius 3 is 2.66 bits per heavy atom. The first-order chi connectivity index (χ1) is 13.9. The van der Waals surface area contributed by atoms with Crippen LogP contribution in [0.25, 0.3) is 16.6 Å². The normalized spacial score (nSPS) is 15.6. The van der Waals surface area contributed by atoms with Crippen LogP contribution < -0.4 is 0 Å². The van der Waals surface area contributed by atoms with E-state index in [1.807, 2.05) is 0 Å². The molecule has 1 aliphatic rings. The highest BCUT2D eigenvalue weighted by Gasteiger charge is 2.29. The third-order valence-corrected chi connectivity index (χ3v) is 7.40. The quantitative estimate of drug-likeness (QED) is 0.665. The van der Waals surface area contributed by atoms with E-state index in [1.54, 1.807) is 41.0 Å². The second-order valence-electron chi connectivity index (χ2n) is 7.06. The zero-order valence-corrected chi connectivity index (χ0v) is 17.2. The molecule has 1 fully saturated rings. The van der Waals surface area contributed by atoms with Crippen LogP contribution in [-0.2, 0) is 21.2 Å². The number of halogens is 1. The number of hydrogen-bond donors (Lipinski definition) is 1. The summed E-state index contributed by atoms with van der Waals surface area (Å²) in [6, 6.07) is 8.34.